The van der Waals surface area contributed by atoms with E-state index in [-0.39, 0.29) is 5.75 Å². The van der Waals surface area contributed by atoms with Crippen molar-refractivity contribution in [3.8, 4) is 5.75 Å². The molecule has 5 heteroatoms. The number of nitrogens with zero attached hydrogens (tertiary/aromatic N) is 1. The molecule has 1 N–H and O–H groups in total. The summed E-state index contributed by atoms with van der Waals surface area (Å²) in [5, 5.41) is 9.96. The van der Waals surface area contributed by atoms with Crippen LogP contribution in [0.25, 0.3) is 0 Å². The second kappa shape index (κ2) is 6.59. The first-order valence-corrected chi connectivity index (χ1v) is 8.28. The summed E-state index contributed by atoms with van der Waals surface area (Å²) in [6.45, 7) is 0. The number of phenolic OH excluding ortho intramolecular Hbond substituents is 1. The van der Waals surface area contributed by atoms with Crippen LogP contribution < -0.4 is 0 Å². The van der Waals surface area contributed by atoms with Crippen molar-refractivity contribution >= 4 is 55.5 Å². The van der Waals surface area contributed by atoms with Gasteiger partial charge in [0.25, 0.3) is 0 Å². The zero-order chi connectivity index (χ0) is 13.8. The Labute approximate surface area is 133 Å². The minimum atomic E-state index is 0.189. The van der Waals surface area contributed by atoms with Crippen LogP contribution >= 0.6 is 43.6 Å². The molecule has 2 aromatic carbocycles. The Morgan fingerprint density at radius 3 is 2.68 bits per heavy atom. The van der Waals surface area contributed by atoms with Crippen molar-refractivity contribution < 1.29 is 5.11 Å². The molecule has 2 aromatic rings. The first-order chi connectivity index (χ1) is 9.11. The highest BCUT2D eigenvalue weighted by molar-refractivity contribution is 9.11. The molecular formula is C14H11Br2NOS. The van der Waals surface area contributed by atoms with Gasteiger partial charge in [0, 0.05) is 21.1 Å². The van der Waals surface area contributed by atoms with Crippen LogP contribution in [0.4, 0.5) is 5.69 Å². The third-order valence-electron chi connectivity index (χ3n) is 2.49. The van der Waals surface area contributed by atoms with Crippen molar-refractivity contribution in [2.75, 3.05) is 6.26 Å². The molecule has 0 aliphatic heterocycles. The predicted molar refractivity (Wildman–Crippen MR) is 89.0 cm³/mol. The lowest BCUT2D eigenvalue weighted by Crippen LogP contribution is -1.84. The molecule has 2 nitrogen and oxygen atoms in total. The molecular weight excluding hydrogens is 390 g/mol. The average Bonchev–Trinajstić information content (AvgIpc) is 2.41. The van der Waals surface area contributed by atoms with Crippen molar-refractivity contribution in [2.45, 2.75) is 4.90 Å². The molecule has 19 heavy (non-hydrogen) atoms. The van der Waals surface area contributed by atoms with Gasteiger partial charge in [-0.05, 0) is 46.5 Å². The number of benzene rings is 2. The van der Waals surface area contributed by atoms with Crippen LogP contribution in [0.2, 0.25) is 0 Å². The number of hydrogen-bond acceptors (Lipinski definition) is 3. The fourth-order valence-electron chi connectivity index (χ4n) is 1.56. The van der Waals surface area contributed by atoms with E-state index < -0.39 is 0 Å². The van der Waals surface area contributed by atoms with E-state index in [2.05, 4.69) is 36.9 Å². The number of aliphatic imine (C=N–C) groups is 1. The Morgan fingerprint density at radius 2 is 1.95 bits per heavy atom. The molecule has 0 heterocycles. The molecule has 0 unspecified atom stereocenters. The van der Waals surface area contributed by atoms with Crippen molar-refractivity contribution in [1.29, 1.82) is 0 Å². The van der Waals surface area contributed by atoms with E-state index in [4.69, 9.17) is 0 Å². The lowest BCUT2D eigenvalue weighted by Gasteiger charge is -2.04. The number of para-hydroxylation sites is 1. The minimum absolute atomic E-state index is 0.189. The molecule has 0 aliphatic carbocycles. The molecule has 0 fully saturated rings. The highest BCUT2D eigenvalue weighted by Crippen LogP contribution is 2.32. The molecule has 0 aromatic heterocycles. The molecule has 0 saturated carbocycles. The van der Waals surface area contributed by atoms with Crippen molar-refractivity contribution in [3.05, 3.63) is 50.9 Å². The number of aromatic hydroxyl groups is 1. The van der Waals surface area contributed by atoms with E-state index in [0.29, 0.717) is 10.0 Å². The molecule has 0 atom stereocenters. The van der Waals surface area contributed by atoms with Gasteiger partial charge in [-0.25, -0.2) is 0 Å². The smallest absolute Gasteiger partial charge is 0.138 e. The van der Waals surface area contributed by atoms with E-state index in [1.165, 1.54) is 0 Å². The molecule has 0 bridgehead atoms. The van der Waals surface area contributed by atoms with Crippen molar-refractivity contribution in [2.24, 2.45) is 4.99 Å². The van der Waals surface area contributed by atoms with Gasteiger partial charge in [0.2, 0.25) is 0 Å². The van der Waals surface area contributed by atoms with E-state index in [0.717, 1.165) is 15.1 Å². The van der Waals surface area contributed by atoms with Gasteiger partial charge in [0.1, 0.15) is 5.75 Å². The lowest BCUT2D eigenvalue weighted by atomic mass is 10.2. The zero-order valence-corrected chi connectivity index (χ0v) is 14.1. The van der Waals surface area contributed by atoms with Gasteiger partial charge in [0.15, 0.2) is 0 Å². The molecule has 98 valence electrons. The molecule has 0 aliphatic rings. The van der Waals surface area contributed by atoms with Gasteiger partial charge >= 0.3 is 0 Å². The summed E-state index contributed by atoms with van der Waals surface area (Å²) in [4.78, 5) is 5.55. The highest BCUT2D eigenvalue weighted by atomic mass is 79.9. The van der Waals surface area contributed by atoms with E-state index in [9.17, 15) is 5.11 Å². The minimum Gasteiger partial charge on any atom is -0.506 e. The molecule has 0 spiro atoms. The van der Waals surface area contributed by atoms with Gasteiger partial charge in [0.05, 0.1) is 10.2 Å². The summed E-state index contributed by atoms with van der Waals surface area (Å²) in [6, 6.07) is 11.5. The monoisotopic (exact) mass is 399 g/mol. The Hall–Kier alpha value is -0.780. The first kappa shape index (κ1) is 14.6. The predicted octanol–water partition coefficient (Wildman–Crippen LogP) is 5.39. The summed E-state index contributed by atoms with van der Waals surface area (Å²) >= 11 is 8.35. The standard InChI is InChI=1S/C14H11Br2NOS/c1-19-13-5-3-2-4-12(13)17-8-9-6-10(15)7-11(16)14(9)18/h2-8,18H,1H3. The SMILES string of the molecule is CSc1ccccc1N=Cc1cc(Br)cc(Br)c1O. The number of hydrogen-bond donors (Lipinski definition) is 1. The normalized spacial score (nSPS) is 11.1. The third kappa shape index (κ3) is 3.61. The Kier molecular flexibility index (Phi) is 5.07. The summed E-state index contributed by atoms with van der Waals surface area (Å²) in [5.74, 6) is 0.189. The molecule has 0 radical (unpaired) electrons. The molecule has 2 rings (SSSR count). The maximum Gasteiger partial charge on any atom is 0.138 e. The molecule has 0 saturated heterocycles. The second-order valence-electron chi connectivity index (χ2n) is 3.76. The Bertz CT molecular complexity index is 629. The summed E-state index contributed by atoms with van der Waals surface area (Å²) in [7, 11) is 0. The van der Waals surface area contributed by atoms with Crippen LogP contribution in [0, 0.1) is 0 Å². The van der Waals surface area contributed by atoms with Crippen LogP contribution in [-0.4, -0.2) is 17.6 Å². The topological polar surface area (TPSA) is 32.6 Å². The van der Waals surface area contributed by atoms with Gasteiger partial charge < -0.3 is 5.11 Å². The maximum absolute atomic E-state index is 9.96. The Morgan fingerprint density at radius 1 is 1.21 bits per heavy atom. The lowest BCUT2D eigenvalue weighted by molar-refractivity contribution is 0.471. The van der Waals surface area contributed by atoms with Crippen molar-refractivity contribution in [3.63, 3.8) is 0 Å². The van der Waals surface area contributed by atoms with Crippen molar-refractivity contribution in [1.82, 2.24) is 0 Å². The largest absolute Gasteiger partial charge is 0.506 e. The number of phenols is 1. The van der Waals surface area contributed by atoms with Crippen LogP contribution in [-0.2, 0) is 0 Å². The van der Waals surface area contributed by atoms with E-state index in [1.807, 2.05) is 36.6 Å². The summed E-state index contributed by atoms with van der Waals surface area (Å²) < 4.78 is 1.53. The van der Waals surface area contributed by atoms with Gasteiger partial charge in [-0.3, -0.25) is 4.99 Å². The summed E-state index contributed by atoms with van der Waals surface area (Å²) in [5.41, 5.74) is 1.56. The Balaban J connectivity index is 2.38. The molecule has 0 amide bonds. The summed E-state index contributed by atoms with van der Waals surface area (Å²) in [6.07, 6.45) is 3.68. The van der Waals surface area contributed by atoms with Crippen LogP contribution in [0.1, 0.15) is 5.56 Å². The first-order valence-electron chi connectivity index (χ1n) is 5.47. The van der Waals surface area contributed by atoms with Gasteiger partial charge in [-0.1, -0.05) is 28.1 Å². The fourth-order valence-corrected chi connectivity index (χ4v) is 3.36. The van der Waals surface area contributed by atoms with Crippen LogP contribution in [0.5, 0.6) is 5.75 Å². The van der Waals surface area contributed by atoms with Gasteiger partial charge in [-0.15, -0.1) is 11.8 Å². The van der Waals surface area contributed by atoms with Crippen LogP contribution in [0.15, 0.2) is 55.2 Å². The zero-order valence-electron chi connectivity index (χ0n) is 10.1. The maximum atomic E-state index is 9.96. The van der Waals surface area contributed by atoms with E-state index >= 15 is 0 Å². The number of thioether (sulfide) groups is 1. The van der Waals surface area contributed by atoms with Crippen LogP contribution in [0.3, 0.4) is 0 Å². The third-order valence-corrected chi connectivity index (χ3v) is 4.33. The number of halogens is 2. The van der Waals surface area contributed by atoms with E-state index in [1.54, 1.807) is 24.0 Å². The van der Waals surface area contributed by atoms with Gasteiger partial charge in [-0.2, -0.15) is 0 Å². The average molecular weight is 401 g/mol. The quantitative estimate of drug-likeness (QED) is 0.553. The number of rotatable bonds is 3. The second-order valence-corrected chi connectivity index (χ2v) is 6.37. The highest BCUT2D eigenvalue weighted by Gasteiger charge is 2.05. The fraction of sp³-hybridized carbons (Fsp3) is 0.0714.